The molecule has 0 aromatic rings. The molecule has 1 aliphatic rings. The van der Waals surface area contributed by atoms with Crippen molar-refractivity contribution in [2.75, 3.05) is 13.7 Å². The van der Waals surface area contributed by atoms with Crippen LogP contribution in [-0.2, 0) is 4.74 Å². The average molecular weight is 296 g/mol. The van der Waals surface area contributed by atoms with Crippen LogP contribution >= 0.6 is 0 Å². The fraction of sp³-hybridized carbons (Fsp3) is 0.895. The quantitative estimate of drug-likeness (QED) is 0.481. The first-order valence-corrected chi connectivity index (χ1v) is 8.87. The van der Waals surface area contributed by atoms with Gasteiger partial charge in [0.25, 0.3) is 0 Å². The molecule has 0 aliphatic heterocycles. The summed E-state index contributed by atoms with van der Waals surface area (Å²) in [5, 5.41) is 9.78. The van der Waals surface area contributed by atoms with Crippen molar-refractivity contribution in [1.29, 1.82) is 0 Å². The molecule has 0 saturated heterocycles. The molecule has 0 aromatic carbocycles. The van der Waals surface area contributed by atoms with Gasteiger partial charge in [0.1, 0.15) is 0 Å². The molecule has 3 atom stereocenters. The van der Waals surface area contributed by atoms with Gasteiger partial charge in [0, 0.05) is 19.6 Å². The van der Waals surface area contributed by atoms with E-state index in [1.807, 2.05) is 0 Å². The van der Waals surface area contributed by atoms with E-state index in [0.29, 0.717) is 5.92 Å². The topological polar surface area (TPSA) is 29.5 Å². The normalized spacial score (nSPS) is 29.1. The van der Waals surface area contributed by atoms with E-state index in [2.05, 4.69) is 32.9 Å². The second kappa shape index (κ2) is 9.63. The van der Waals surface area contributed by atoms with Crippen LogP contribution < -0.4 is 0 Å². The largest absolute Gasteiger partial charge is 0.396 e. The third-order valence-corrected chi connectivity index (χ3v) is 5.15. The highest BCUT2D eigenvalue weighted by Gasteiger charge is 2.42. The summed E-state index contributed by atoms with van der Waals surface area (Å²) in [6.07, 6.45) is 15.1. The Hall–Kier alpha value is -0.340. The molecule has 1 aliphatic carbocycles. The molecule has 2 heteroatoms. The Balaban J connectivity index is 2.43. The van der Waals surface area contributed by atoms with Gasteiger partial charge in [0.2, 0.25) is 0 Å². The van der Waals surface area contributed by atoms with Gasteiger partial charge in [-0.2, -0.15) is 0 Å². The lowest BCUT2D eigenvalue weighted by molar-refractivity contribution is -0.0913. The van der Waals surface area contributed by atoms with Crippen molar-refractivity contribution in [2.24, 2.45) is 17.3 Å². The van der Waals surface area contributed by atoms with Crippen LogP contribution in [0, 0.1) is 17.3 Å². The highest BCUT2D eigenvalue weighted by atomic mass is 16.5. The molecule has 0 heterocycles. The van der Waals surface area contributed by atoms with Crippen molar-refractivity contribution in [2.45, 2.75) is 78.2 Å². The maximum Gasteiger partial charge on any atom is 0.0677 e. The van der Waals surface area contributed by atoms with E-state index in [-0.39, 0.29) is 24.0 Å². The number of hydrogen-bond acceptors (Lipinski definition) is 2. The maximum atomic E-state index is 9.78. The molecular formula is C19H36O2. The number of hydrogen-bond donors (Lipinski definition) is 1. The minimum Gasteiger partial charge on any atom is -0.396 e. The van der Waals surface area contributed by atoms with Crippen LogP contribution in [0.2, 0.25) is 0 Å². The van der Waals surface area contributed by atoms with Crippen LogP contribution in [0.4, 0.5) is 0 Å². The fourth-order valence-electron chi connectivity index (χ4n) is 3.80. The van der Waals surface area contributed by atoms with E-state index in [4.69, 9.17) is 4.74 Å². The molecule has 21 heavy (non-hydrogen) atoms. The average Bonchev–Trinajstić information content (AvgIpc) is 2.46. The third-order valence-electron chi connectivity index (χ3n) is 5.15. The summed E-state index contributed by atoms with van der Waals surface area (Å²) < 4.78 is 5.72. The zero-order chi connectivity index (χ0) is 15.7. The van der Waals surface area contributed by atoms with Gasteiger partial charge in [-0.3, -0.25) is 0 Å². The lowest BCUT2D eigenvalue weighted by atomic mass is 9.65. The summed E-state index contributed by atoms with van der Waals surface area (Å²) in [5.41, 5.74) is 0.173. The van der Waals surface area contributed by atoms with Gasteiger partial charge in [-0.15, -0.1) is 0 Å². The van der Waals surface area contributed by atoms with E-state index >= 15 is 0 Å². The number of aliphatic hydroxyl groups excluding tert-OH is 1. The van der Waals surface area contributed by atoms with Crippen molar-refractivity contribution in [3.63, 3.8) is 0 Å². The molecular weight excluding hydrogens is 260 g/mol. The van der Waals surface area contributed by atoms with E-state index in [1.165, 1.54) is 51.4 Å². The highest BCUT2D eigenvalue weighted by Crippen LogP contribution is 2.44. The molecule has 1 fully saturated rings. The van der Waals surface area contributed by atoms with E-state index in [9.17, 15) is 5.11 Å². The first kappa shape index (κ1) is 18.7. The minimum atomic E-state index is 0.162. The Kier molecular flexibility index (Phi) is 8.58. The molecule has 0 bridgehead atoms. The van der Waals surface area contributed by atoms with Crippen molar-refractivity contribution in [3.05, 3.63) is 12.2 Å². The molecule has 124 valence electrons. The van der Waals surface area contributed by atoms with E-state index in [1.54, 1.807) is 7.11 Å². The monoisotopic (exact) mass is 296 g/mol. The van der Waals surface area contributed by atoms with Gasteiger partial charge in [-0.05, 0) is 37.0 Å². The molecule has 1 N–H and O–H groups in total. The molecule has 1 saturated carbocycles. The van der Waals surface area contributed by atoms with Crippen molar-refractivity contribution < 1.29 is 9.84 Å². The highest BCUT2D eigenvalue weighted by molar-refractivity contribution is 5.01. The SMILES string of the molecule is CCCCCCC/C=C/[C@@H]1CCC(C)(C)[C@H](OC)[C@H]1CO. The molecule has 0 spiro atoms. The molecule has 0 unspecified atom stereocenters. The van der Waals surface area contributed by atoms with Crippen LogP contribution in [0.3, 0.4) is 0 Å². The molecule has 2 nitrogen and oxygen atoms in total. The zero-order valence-corrected chi connectivity index (χ0v) is 14.6. The minimum absolute atomic E-state index is 0.162. The summed E-state index contributed by atoms with van der Waals surface area (Å²) in [6, 6.07) is 0. The van der Waals surface area contributed by atoms with Crippen molar-refractivity contribution in [1.82, 2.24) is 0 Å². The summed E-state index contributed by atoms with van der Waals surface area (Å²) in [6.45, 7) is 7.01. The number of ether oxygens (including phenoxy) is 1. The molecule has 0 amide bonds. The number of aliphatic hydroxyl groups is 1. The van der Waals surface area contributed by atoms with Gasteiger partial charge in [-0.25, -0.2) is 0 Å². The van der Waals surface area contributed by atoms with Crippen LogP contribution in [0.5, 0.6) is 0 Å². The molecule has 0 radical (unpaired) electrons. The van der Waals surface area contributed by atoms with Crippen LogP contribution in [0.1, 0.15) is 72.1 Å². The van der Waals surface area contributed by atoms with Crippen molar-refractivity contribution in [3.8, 4) is 0 Å². The van der Waals surface area contributed by atoms with Crippen LogP contribution in [0.25, 0.3) is 0 Å². The van der Waals surface area contributed by atoms with Crippen LogP contribution in [0.15, 0.2) is 12.2 Å². The van der Waals surface area contributed by atoms with Crippen LogP contribution in [-0.4, -0.2) is 24.9 Å². The van der Waals surface area contributed by atoms with Gasteiger partial charge < -0.3 is 9.84 Å². The smallest absolute Gasteiger partial charge is 0.0677 e. The Morgan fingerprint density at radius 3 is 2.52 bits per heavy atom. The van der Waals surface area contributed by atoms with Gasteiger partial charge in [0.15, 0.2) is 0 Å². The zero-order valence-electron chi connectivity index (χ0n) is 14.6. The third kappa shape index (κ3) is 5.75. The predicted molar refractivity (Wildman–Crippen MR) is 90.4 cm³/mol. The standard InChI is InChI=1S/C19H36O2/c1-5-6-7-8-9-10-11-12-16-13-14-19(2,3)18(21-4)17(16)15-20/h11-12,16-18,20H,5-10,13-15H2,1-4H3/b12-11+/t16-,17+,18-/m1/s1. The van der Waals surface area contributed by atoms with Crippen molar-refractivity contribution >= 4 is 0 Å². The Labute approximate surface area is 132 Å². The first-order valence-electron chi connectivity index (χ1n) is 8.87. The lowest BCUT2D eigenvalue weighted by Crippen LogP contribution is -2.46. The second-order valence-corrected chi connectivity index (χ2v) is 7.32. The lowest BCUT2D eigenvalue weighted by Gasteiger charge is -2.45. The maximum absolute atomic E-state index is 9.78. The summed E-state index contributed by atoms with van der Waals surface area (Å²) in [4.78, 5) is 0. The second-order valence-electron chi connectivity index (χ2n) is 7.32. The number of methoxy groups -OCH3 is 1. The van der Waals surface area contributed by atoms with Gasteiger partial charge in [-0.1, -0.05) is 58.6 Å². The van der Waals surface area contributed by atoms with Gasteiger partial charge in [0.05, 0.1) is 6.10 Å². The summed E-state index contributed by atoms with van der Waals surface area (Å²) >= 11 is 0. The van der Waals surface area contributed by atoms with E-state index < -0.39 is 0 Å². The van der Waals surface area contributed by atoms with Gasteiger partial charge >= 0.3 is 0 Å². The summed E-state index contributed by atoms with van der Waals surface area (Å²) in [7, 11) is 1.79. The van der Waals surface area contributed by atoms with E-state index in [0.717, 1.165) is 0 Å². The fourth-order valence-corrected chi connectivity index (χ4v) is 3.80. The number of rotatable bonds is 9. The molecule has 0 aromatic heterocycles. The Morgan fingerprint density at radius 1 is 1.19 bits per heavy atom. The predicted octanol–water partition coefficient (Wildman–Crippen LogP) is 4.96. The molecule has 1 rings (SSSR count). The number of unbranched alkanes of at least 4 members (excludes halogenated alkanes) is 5. The first-order chi connectivity index (χ1) is 10.1. The Bertz CT molecular complexity index is 296. The summed E-state index contributed by atoms with van der Waals surface area (Å²) in [5.74, 6) is 0.721. The Morgan fingerprint density at radius 2 is 1.90 bits per heavy atom. The number of allylic oxidation sites excluding steroid dienone is 2.